The van der Waals surface area contributed by atoms with E-state index in [4.69, 9.17) is 0 Å². The third-order valence-corrected chi connectivity index (χ3v) is 6.76. The molecule has 2 N–H and O–H groups in total. The van der Waals surface area contributed by atoms with E-state index in [-0.39, 0.29) is 23.2 Å². The summed E-state index contributed by atoms with van der Waals surface area (Å²) < 4.78 is 2.09. The number of aromatic nitrogens is 1. The van der Waals surface area contributed by atoms with Crippen LogP contribution in [0.1, 0.15) is 44.8 Å². The van der Waals surface area contributed by atoms with Crippen molar-refractivity contribution in [2.24, 2.45) is 0 Å². The van der Waals surface area contributed by atoms with E-state index in [0.717, 1.165) is 27.6 Å². The van der Waals surface area contributed by atoms with Gasteiger partial charge in [0.2, 0.25) is 0 Å². The highest BCUT2D eigenvalue weighted by Crippen LogP contribution is 2.26. The van der Waals surface area contributed by atoms with Gasteiger partial charge < -0.3 is 15.0 Å². The zero-order chi connectivity index (χ0) is 27.5. The summed E-state index contributed by atoms with van der Waals surface area (Å²) in [6.45, 7) is 2.45. The number of carbonyl (C=O) groups excluding carboxylic acids is 1. The number of benzene rings is 4. The first kappa shape index (κ1) is 25.4. The maximum Gasteiger partial charge on any atom is 0.336 e. The van der Waals surface area contributed by atoms with Crippen LogP contribution in [0.2, 0.25) is 0 Å². The van der Waals surface area contributed by atoms with Gasteiger partial charge in [-0.3, -0.25) is 14.9 Å². The smallest absolute Gasteiger partial charge is 0.336 e. The van der Waals surface area contributed by atoms with Crippen LogP contribution in [0.25, 0.3) is 22.0 Å². The van der Waals surface area contributed by atoms with Crippen LogP contribution in [0.3, 0.4) is 0 Å². The Bertz CT molecular complexity index is 1690. The maximum atomic E-state index is 12.9. The summed E-state index contributed by atoms with van der Waals surface area (Å²) in [7, 11) is 0. The first-order chi connectivity index (χ1) is 18.8. The number of non-ortho nitro benzene ring substituents is 1. The highest BCUT2D eigenvalue weighted by molar-refractivity contribution is 5.98. The zero-order valence-corrected chi connectivity index (χ0v) is 21.1. The zero-order valence-electron chi connectivity index (χ0n) is 21.1. The van der Waals surface area contributed by atoms with Crippen LogP contribution in [0.15, 0.2) is 103 Å². The van der Waals surface area contributed by atoms with Gasteiger partial charge in [-0.05, 0) is 59.5 Å². The highest BCUT2D eigenvalue weighted by atomic mass is 16.6. The van der Waals surface area contributed by atoms with Gasteiger partial charge in [-0.15, -0.1) is 0 Å². The number of aromatic carboxylic acids is 1. The van der Waals surface area contributed by atoms with Gasteiger partial charge in [0, 0.05) is 41.3 Å². The molecule has 1 atom stereocenters. The molecule has 0 aliphatic heterocycles. The van der Waals surface area contributed by atoms with E-state index >= 15 is 0 Å². The molecule has 39 heavy (non-hydrogen) atoms. The van der Waals surface area contributed by atoms with Crippen molar-refractivity contribution in [3.8, 4) is 11.1 Å². The van der Waals surface area contributed by atoms with Crippen LogP contribution in [-0.2, 0) is 6.54 Å². The standard InChI is InChI=1S/C31H25N3O5/c1-20(22-10-13-26(14-11-22)34(38)39)32-30(35)25-12-15-29-24(18-25)16-17-33(29)19-21-6-8-23(9-7-21)27-4-2-3-5-28(27)31(36)37/h2-18,20H,19H2,1H3,(H,32,35)(H,36,37). The highest BCUT2D eigenvalue weighted by Gasteiger charge is 2.15. The number of carboxylic acid groups (broad SMARTS) is 1. The molecule has 1 heterocycles. The number of carbonyl (C=O) groups is 2. The lowest BCUT2D eigenvalue weighted by atomic mass is 9.99. The van der Waals surface area contributed by atoms with E-state index in [1.54, 1.807) is 36.4 Å². The predicted molar refractivity (Wildman–Crippen MR) is 149 cm³/mol. The van der Waals surface area contributed by atoms with Crippen molar-refractivity contribution < 1.29 is 19.6 Å². The van der Waals surface area contributed by atoms with Crippen LogP contribution in [0.4, 0.5) is 5.69 Å². The fourth-order valence-corrected chi connectivity index (χ4v) is 4.64. The van der Waals surface area contributed by atoms with Crippen molar-refractivity contribution in [2.75, 3.05) is 0 Å². The van der Waals surface area contributed by atoms with Gasteiger partial charge >= 0.3 is 5.97 Å². The van der Waals surface area contributed by atoms with Crippen LogP contribution in [0.5, 0.6) is 0 Å². The Balaban J connectivity index is 1.29. The van der Waals surface area contributed by atoms with Gasteiger partial charge in [0.05, 0.1) is 16.5 Å². The molecule has 0 radical (unpaired) electrons. The lowest BCUT2D eigenvalue weighted by molar-refractivity contribution is -0.384. The minimum absolute atomic E-state index is 0.00621. The summed E-state index contributed by atoms with van der Waals surface area (Å²) in [6, 6.07) is 28.1. The minimum atomic E-state index is -0.956. The van der Waals surface area contributed by atoms with Crippen molar-refractivity contribution in [2.45, 2.75) is 19.5 Å². The quantitative estimate of drug-likeness (QED) is 0.181. The molecule has 0 saturated carbocycles. The molecule has 194 valence electrons. The molecule has 0 aliphatic carbocycles. The second-order valence-corrected chi connectivity index (χ2v) is 9.31. The molecule has 0 fully saturated rings. The van der Waals surface area contributed by atoms with Crippen LogP contribution >= 0.6 is 0 Å². The van der Waals surface area contributed by atoms with E-state index in [2.05, 4.69) is 9.88 Å². The van der Waals surface area contributed by atoms with Crippen molar-refractivity contribution >= 4 is 28.5 Å². The SMILES string of the molecule is CC(NC(=O)c1ccc2c(ccn2Cc2ccc(-c3ccccc3C(=O)O)cc2)c1)c1ccc([N+](=O)[O-])cc1. The molecular weight excluding hydrogens is 494 g/mol. The molecule has 8 nitrogen and oxygen atoms in total. The second kappa shape index (κ2) is 10.6. The van der Waals surface area contributed by atoms with Crippen molar-refractivity contribution in [1.29, 1.82) is 0 Å². The predicted octanol–water partition coefficient (Wildman–Crippen LogP) is 6.45. The molecule has 5 aromatic rings. The van der Waals surface area contributed by atoms with E-state index in [9.17, 15) is 24.8 Å². The van der Waals surface area contributed by atoms with E-state index in [0.29, 0.717) is 17.7 Å². The Morgan fingerprint density at radius 3 is 2.36 bits per heavy atom. The number of nitro benzene ring substituents is 1. The van der Waals surface area contributed by atoms with Gasteiger partial charge in [-0.25, -0.2) is 4.79 Å². The fourth-order valence-electron chi connectivity index (χ4n) is 4.64. The normalized spacial score (nSPS) is 11.7. The van der Waals surface area contributed by atoms with Gasteiger partial charge in [-0.2, -0.15) is 0 Å². The summed E-state index contributed by atoms with van der Waals surface area (Å²) in [5.41, 5.74) is 5.13. The summed E-state index contributed by atoms with van der Waals surface area (Å²) >= 11 is 0. The molecule has 1 aromatic heterocycles. The number of nitrogens with one attached hydrogen (secondary N) is 1. The van der Waals surface area contributed by atoms with Crippen LogP contribution in [-0.4, -0.2) is 26.5 Å². The van der Waals surface area contributed by atoms with Crippen LogP contribution < -0.4 is 5.32 Å². The number of nitro groups is 1. The molecule has 1 unspecified atom stereocenters. The van der Waals surface area contributed by atoms with Gasteiger partial charge in [0.25, 0.3) is 11.6 Å². The average molecular weight is 520 g/mol. The molecule has 8 heteroatoms. The third-order valence-electron chi connectivity index (χ3n) is 6.76. The number of carboxylic acids is 1. The van der Waals surface area contributed by atoms with Gasteiger partial charge in [0.1, 0.15) is 0 Å². The number of rotatable bonds is 8. The average Bonchev–Trinajstić information content (AvgIpc) is 3.35. The molecule has 0 spiro atoms. The molecular formula is C31H25N3O5. The number of fused-ring (bicyclic) bond motifs is 1. The lowest BCUT2D eigenvalue weighted by Gasteiger charge is -2.14. The van der Waals surface area contributed by atoms with Crippen molar-refractivity contribution in [1.82, 2.24) is 9.88 Å². The molecule has 5 rings (SSSR count). The van der Waals surface area contributed by atoms with E-state index in [1.807, 2.05) is 61.7 Å². The third kappa shape index (κ3) is 5.40. The Hall–Kier alpha value is -5.24. The summed E-state index contributed by atoms with van der Waals surface area (Å²) in [6.07, 6.45) is 1.97. The molecule has 1 amide bonds. The van der Waals surface area contributed by atoms with E-state index < -0.39 is 10.9 Å². The number of hydrogen-bond donors (Lipinski definition) is 2. The van der Waals surface area contributed by atoms with Gasteiger partial charge in [-0.1, -0.05) is 54.6 Å². The summed E-state index contributed by atoms with van der Waals surface area (Å²) in [5, 5.41) is 24.2. The maximum absolute atomic E-state index is 12.9. The summed E-state index contributed by atoms with van der Waals surface area (Å²) in [4.78, 5) is 34.9. The molecule has 0 saturated heterocycles. The number of hydrogen-bond acceptors (Lipinski definition) is 4. The molecule has 0 bridgehead atoms. The van der Waals surface area contributed by atoms with E-state index in [1.165, 1.54) is 12.1 Å². The Labute approximate surface area is 224 Å². The lowest BCUT2D eigenvalue weighted by Crippen LogP contribution is -2.26. The van der Waals surface area contributed by atoms with Crippen LogP contribution in [0, 0.1) is 10.1 Å². The first-order valence-corrected chi connectivity index (χ1v) is 12.4. The van der Waals surface area contributed by atoms with Crippen molar-refractivity contribution in [3.05, 3.63) is 136 Å². The largest absolute Gasteiger partial charge is 0.478 e. The molecule has 4 aromatic carbocycles. The Kier molecular flexibility index (Phi) is 6.93. The Morgan fingerprint density at radius 2 is 1.67 bits per heavy atom. The molecule has 0 aliphatic rings. The fraction of sp³-hybridized carbons (Fsp3) is 0.0968. The van der Waals surface area contributed by atoms with Crippen molar-refractivity contribution in [3.63, 3.8) is 0 Å². The monoisotopic (exact) mass is 519 g/mol. The second-order valence-electron chi connectivity index (χ2n) is 9.31. The topological polar surface area (TPSA) is 114 Å². The first-order valence-electron chi connectivity index (χ1n) is 12.4. The number of amides is 1. The number of nitrogens with zero attached hydrogens (tertiary/aromatic N) is 2. The minimum Gasteiger partial charge on any atom is -0.478 e. The Morgan fingerprint density at radius 1 is 0.949 bits per heavy atom. The van der Waals surface area contributed by atoms with Gasteiger partial charge in [0.15, 0.2) is 0 Å². The summed E-state index contributed by atoms with van der Waals surface area (Å²) in [5.74, 6) is -1.19.